The van der Waals surface area contributed by atoms with E-state index in [-0.39, 0.29) is 36.1 Å². The van der Waals surface area contributed by atoms with E-state index >= 15 is 0 Å². The first kappa shape index (κ1) is 25.3. The van der Waals surface area contributed by atoms with E-state index in [0.717, 1.165) is 23.9 Å². The number of hydrogen-bond acceptors (Lipinski definition) is 5. The van der Waals surface area contributed by atoms with Crippen LogP contribution in [0.1, 0.15) is 11.4 Å². The van der Waals surface area contributed by atoms with Crippen molar-refractivity contribution in [3.05, 3.63) is 77.6 Å². The van der Waals surface area contributed by atoms with Crippen LogP contribution in [0.4, 0.5) is 24.5 Å². The van der Waals surface area contributed by atoms with Crippen LogP contribution >= 0.6 is 23.4 Å². The van der Waals surface area contributed by atoms with Gasteiger partial charge in [0.15, 0.2) is 5.16 Å². The van der Waals surface area contributed by atoms with Crippen LogP contribution in [-0.4, -0.2) is 32.3 Å². The Balaban J connectivity index is 1.63. The normalized spacial score (nSPS) is 11.2. The van der Waals surface area contributed by atoms with Crippen LogP contribution in [0.25, 0.3) is 0 Å². The highest BCUT2D eigenvalue weighted by molar-refractivity contribution is 7.99. The summed E-state index contributed by atoms with van der Waals surface area (Å²) in [5.74, 6) is -0.516. The number of thioether (sulfide) groups is 1. The molecule has 1 aromatic heterocycles. The lowest BCUT2D eigenvalue weighted by molar-refractivity contribution is -0.137. The van der Waals surface area contributed by atoms with Crippen molar-refractivity contribution in [1.82, 2.24) is 14.8 Å². The lowest BCUT2D eigenvalue weighted by Crippen LogP contribution is -2.18. The van der Waals surface area contributed by atoms with Crippen molar-refractivity contribution < 1.29 is 22.8 Å². The number of nitrogens with one attached hydrogen (secondary N) is 2. The molecule has 0 fully saturated rings. The molecule has 0 unspecified atom stereocenters. The van der Waals surface area contributed by atoms with Crippen LogP contribution < -0.4 is 10.6 Å². The minimum atomic E-state index is -4.52. The maximum atomic E-state index is 12.9. The topological polar surface area (TPSA) is 88.9 Å². The lowest BCUT2D eigenvalue weighted by atomic mass is 10.2. The van der Waals surface area contributed by atoms with Crippen molar-refractivity contribution >= 4 is 46.6 Å². The molecule has 2 aromatic carbocycles. The first-order chi connectivity index (χ1) is 16.2. The van der Waals surface area contributed by atoms with Crippen LogP contribution in [0, 0.1) is 0 Å². The third kappa shape index (κ3) is 7.09. The summed E-state index contributed by atoms with van der Waals surface area (Å²) in [4.78, 5) is 24.7. The fourth-order valence-electron chi connectivity index (χ4n) is 2.85. The molecule has 12 heteroatoms. The van der Waals surface area contributed by atoms with Crippen molar-refractivity contribution in [1.29, 1.82) is 0 Å². The van der Waals surface area contributed by atoms with E-state index in [0.29, 0.717) is 15.9 Å². The van der Waals surface area contributed by atoms with Crippen molar-refractivity contribution in [3.63, 3.8) is 0 Å². The number of rotatable bonds is 9. The minimum absolute atomic E-state index is 0.0167. The monoisotopic (exact) mass is 509 g/mol. The van der Waals surface area contributed by atoms with Gasteiger partial charge in [0, 0.05) is 22.9 Å². The molecule has 34 heavy (non-hydrogen) atoms. The molecule has 178 valence electrons. The van der Waals surface area contributed by atoms with Gasteiger partial charge in [0.25, 0.3) is 0 Å². The number of hydrogen-bond donors (Lipinski definition) is 2. The Kier molecular flexibility index (Phi) is 8.35. The zero-order chi connectivity index (χ0) is 24.7. The van der Waals surface area contributed by atoms with E-state index in [4.69, 9.17) is 11.6 Å². The molecule has 0 radical (unpaired) electrons. The average Bonchev–Trinajstić information content (AvgIpc) is 3.15. The van der Waals surface area contributed by atoms with Gasteiger partial charge in [0.05, 0.1) is 17.7 Å². The predicted molar refractivity (Wildman–Crippen MR) is 125 cm³/mol. The van der Waals surface area contributed by atoms with E-state index in [9.17, 15) is 22.8 Å². The summed E-state index contributed by atoms with van der Waals surface area (Å²) < 4.78 is 40.3. The van der Waals surface area contributed by atoms with Crippen molar-refractivity contribution in [2.45, 2.75) is 24.3 Å². The quantitative estimate of drug-likeness (QED) is 0.311. The number of nitrogens with zero attached hydrogens (tertiary/aromatic N) is 3. The largest absolute Gasteiger partial charge is 0.416 e. The second kappa shape index (κ2) is 11.2. The Morgan fingerprint density at radius 2 is 1.76 bits per heavy atom. The molecule has 2 N–H and O–H groups in total. The molecule has 7 nitrogen and oxygen atoms in total. The highest BCUT2D eigenvalue weighted by atomic mass is 35.5. The van der Waals surface area contributed by atoms with Crippen LogP contribution in [-0.2, 0) is 28.7 Å². The van der Waals surface area contributed by atoms with Crippen LogP contribution in [0.3, 0.4) is 0 Å². The highest BCUT2D eigenvalue weighted by Crippen LogP contribution is 2.30. The SMILES string of the molecule is C=CCn1c(CC(=O)Nc2cccc(C(F)(F)F)c2)nnc1SCC(=O)Nc1ccc(Cl)cc1. The molecule has 2 amide bonds. The molecule has 0 aliphatic heterocycles. The summed E-state index contributed by atoms with van der Waals surface area (Å²) in [7, 11) is 0. The molecule has 0 atom stereocenters. The number of amides is 2. The molecule has 1 heterocycles. The third-order valence-electron chi connectivity index (χ3n) is 4.36. The molecule has 3 aromatic rings. The van der Waals surface area contributed by atoms with E-state index in [1.807, 2.05) is 0 Å². The maximum absolute atomic E-state index is 12.9. The second-order valence-electron chi connectivity index (χ2n) is 6.95. The number of alkyl halides is 3. The number of allylic oxidation sites excluding steroid dienone is 1. The second-order valence-corrected chi connectivity index (χ2v) is 8.32. The first-order valence-electron chi connectivity index (χ1n) is 9.84. The Bertz CT molecular complexity index is 1180. The maximum Gasteiger partial charge on any atom is 0.416 e. The first-order valence-corrected chi connectivity index (χ1v) is 11.2. The summed E-state index contributed by atoms with van der Waals surface area (Å²) in [6.45, 7) is 3.95. The molecule has 0 saturated carbocycles. The molecular weight excluding hydrogens is 491 g/mol. The van der Waals surface area contributed by atoms with Crippen molar-refractivity contribution in [2.24, 2.45) is 0 Å². The van der Waals surface area contributed by atoms with Gasteiger partial charge in [-0.3, -0.25) is 9.59 Å². The van der Waals surface area contributed by atoms with Gasteiger partial charge in [-0.2, -0.15) is 13.2 Å². The summed E-state index contributed by atoms with van der Waals surface area (Å²) in [6, 6.07) is 11.0. The number of halogens is 4. The molecule has 0 spiro atoms. The van der Waals surface area contributed by atoms with Crippen molar-refractivity contribution in [3.8, 4) is 0 Å². The van der Waals surface area contributed by atoms with Crippen molar-refractivity contribution in [2.75, 3.05) is 16.4 Å². The molecule has 0 bridgehead atoms. The van der Waals surface area contributed by atoms with E-state index in [1.165, 1.54) is 12.1 Å². The fourth-order valence-corrected chi connectivity index (χ4v) is 3.74. The highest BCUT2D eigenvalue weighted by Gasteiger charge is 2.30. The predicted octanol–water partition coefficient (Wildman–Crippen LogP) is 5.05. The average molecular weight is 510 g/mol. The molecule has 3 rings (SSSR count). The van der Waals surface area contributed by atoms with Gasteiger partial charge < -0.3 is 15.2 Å². The van der Waals surface area contributed by atoms with Gasteiger partial charge in [-0.15, -0.1) is 16.8 Å². The molecule has 0 aliphatic rings. The summed E-state index contributed by atoms with van der Waals surface area (Å²) in [6.07, 6.45) is -3.17. The van der Waals surface area contributed by atoms with E-state index < -0.39 is 17.6 Å². The fraction of sp³-hybridized carbons (Fsp3) is 0.182. The number of aromatic nitrogens is 3. The van der Waals surface area contributed by atoms with Gasteiger partial charge in [-0.05, 0) is 42.5 Å². The third-order valence-corrected chi connectivity index (χ3v) is 5.58. The Hall–Kier alpha value is -3.31. The van der Waals surface area contributed by atoms with E-state index in [2.05, 4.69) is 27.4 Å². The minimum Gasteiger partial charge on any atom is -0.326 e. The van der Waals surface area contributed by atoms with Crippen LogP contribution in [0.5, 0.6) is 0 Å². The van der Waals surface area contributed by atoms with Gasteiger partial charge in [-0.25, -0.2) is 0 Å². The molecule has 0 aliphatic carbocycles. The Morgan fingerprint density at radius 3 is 2.44 bits per heavy atom. The number of benzene rings is 2. The summed E-state index contributed by atoms with van der Waals surface area (Å²) in [5, 5.41) is 14.2. The van der Waals surface area contributed by atoms with Gasteiger partial charge in [-0.1, -0.05) is 35.5 Å². The standard InChI is InChI=1S/C22H19ClF3N5O2S/c1-2-10-31-18(12-19(32)28-17-5-3-4-14(11-17)22(24,25)26)29-30-21(31)34-13-20(33)27-16-8-6-15(23)7-9-16/h2-9,11H,1,10,12-13H2,(H,27,33)(H,28,32). The van der Waals surface area contributed by atoms with Crippen LogP contribution in [0.15, 0.2) is 66.3 Å². The number of carbonyl (C=O) groups is 2. The summed E-state index contributed by atoms with van der Waals surface area (Å²) in [5.41, 5.74) is -0.256. The number of anilines is 2. The molecular formula is C22H19ClF3N5O2S. The summed E-state index contributed by atoms with van der Waals surface area (Å²) >= 11 is 6.95. The Labute approximate surface area is 202 Å². The zero-order valence-electron chi connectivity index (χ0n) is 17.6. The van der Waals surface area contributed by atoms with Gasteiger partial charge in [0.1, 0.15) is 5.82 Å². The van der Waals surface area contributed by atoms with E-state index in [1.54, 1.807) is 34.9 Å². The zero-order valence-corrected chi connectivity index (χ0v) is 19.2. The Morgan fingerprint density at radius 1 is 1.06 bits per heavy atom. The lowest BCUT2D eigenvalue weighted by Gasteiger charge is -2.10. The number of carbonyl (C=O) groups excluding carboxylic acids is 2. The smallest absolute Gasteiger partial charge is 0.326 e. The van der Waals surface area contributed by atoms with Crippen LogP contribution in [0.2, 0.25) is 5.02 Å². The van der Waals surface area contributed by atoms with Gasteiger partial charge >= 0.3 is 6.18 Å². The van der Waals surface area contributed by atoms with Gasteiger partial charge in [0.2, 0.25) is 11.8 Å². The molecule has 0 saturated heterocycles.